The minimum atomic E-state index is -3.77. The molecule has 1 N–H and O–H groups in total. The summed E-state index contributed by atoms with van der Waals surface area (Å²) in [5.41, 5.74) is 0.258. The first-order valence-electron chi connectivity index (χ1n) is 9.18. The fourth-order valence-corrected chi connectivity index (χ4v) is 4.34. The molecule has 1 unspecified atom stereocenters. The summed E-state index contributed by atoms with van der Waals surface area (Å²) in [4.78, 5) is 28.5. The summed E-state index contributed by atoms with van der Waals surface area (Å²) in [6.45, 7) is 2.25. The number of ether oxygens (including phenoxy) is 2. The van der Waals surface area contributed by atoms with Crippen molar-refractivity contribution >= 4 is 21.8 Å². The average molecular weight is 411 g/mol. The van der Waals surface area contributed by atoms with Gasteiger partial charge < -0.3 is 19.3 Å². The zero-order valence-corrected chi connectivity index (χ0v) is 16.8. The highest BCUT2D eigenvalue weighted by Gasteiger charge is 2.32. The Morgan fingerprint density at radius 2 is 1.86 bits per heavy atom. The third kappa shape index (κ3) is 4.13. The summed E-state index contributed by atoms with van der Waals surface area (Å²) in [7, 11) is -1.10. The minimum absolute atomic E-state index is 0.0172. The van der Waals surface area contributed by atoms with Crippen LogP contribution < -0.4 is 9.46 Å². The SMILES string of the molecule is CNS(=O)(=O)c1cc(C(=O)N2CCN(C(=O)C3CCCO3)CC2)ccc1OC. The summed E-state index contributed by atoms with van der Waals surface area (Å²) >= 11 is 0. The van der Waals surface area contributed by atoms with Gasteiger partial charge in [-0.3, -0.25) is 9.59 Å². The van der Waals surface area contributed by atoms with Crippen LogP contribution in [0, 0.1) is 0 Å². The van der Waals surface area contributed by atoms with Crippen LogP contribution in [-0.2, 0) is 19.6 Å². The second kappa shape index (κ2) is 8.46. The van der Waals surface area contributed by atoms with E-state index in [9.17, 15) is 18.0 Å². The van der Waals surface area contributed by atoms with E-state index in [0.717, 1.165) is 12.8 Å². The van der Waals surface area contributed by atoms with Crippen molar-refractivity contribution in [2.75, 3.05) is 46.9 Å². The van der Waals surface area contributed by atoms with Crippen LogP contribution in [-0.4, -0.2) is 83.1 Å². The third-order valence-corrected chi connectivity index (χ3v) is 6.49. The monoisotopic (exact) mass is 411 g/mol. The van der Waals surface area contributed by atoms with Crippen molar-refractivity contribution in [2.24, 2.45) is 0 Å². The highest BCUT2D eigenvalue weighted by Crippen LogP contribution is 2.25. The molecular weight excluding hydrogens is 386 g/mol. The smallest absolute Gasteiger partial charge is 0.254 e. The summed E-state index contributed by atoms with van der Waals surface area (Å²) in [6, 6.07) is 4.32. The number of hydrogen-bond donors (Lipinski definition) is 1. The normalized spacial score (nSPS) is 20.3. The number of rotatable bonds is 5. The van der Waals surface area contributed by atoms with E-state index in [1.54, 1.807) is 15.9 Å². The predicted molar refractivity (Wildman–Crippen MR) is 101 cm³/mol. The van der Waals surface area contributed by atoms with Crippen LogP contribution in [0.4, 0.5) is 0 Å². The molecule has 2 aliphatic heterocycles. The molecule has 2 amide bonds. The van der Waals surface area contributed by atoms with E-state index >= 15 is 0 Å². The Morgan fingerprint density at radius 1 is 1.18 bits per heavy atom. The number of carbonyl (C=O) groups is 2. The van der Waals surface area contributed by atoms with Gasteiger partial charge in [0.1, 0.15) is 16.7 Å². The van der Waals surface area contributed by atoms with E-state index in [1.807, 2.05) is 0 Å². The van der Waals surface area contributed by atoms with Gasteiger partial charge in [-0.2, -0.15) is 0 Å². The first kappa shape index (κ1) is 20.6. The van der Waals surface area contributed by atoms with Gasteiger partial charge in [0, 0.05) is 38.3 Å². The maximum absolute atomic E-state index is 12.8. The van der Waals surface area contributed by atoms with Crippen LogP contribution >= 0.6 is 0 Å². The van der Waals surface area contributed by atoms with E-state index in [2.05, 4.69) is 4.72 Å². The molecule has 28 heavy (non-hydrogen) atoms. The van der Waals surface area contributed by atoms with E-state index in [0.29, 0.717) is 32.8 Å². The lowest BCUT2D eigenvalue weighted by Gasteiger charge is -2.35. The quantitative estimate of drug-likeness (QED) is 0.735. The zero-order chi connectivity index (χ0) is 20.3. The number of hydrogen-bond acceptors (Lipinski definition) is 6. The second-order valence-electron chi connectivity index (χ2n) is 6.69. The van der Waals surface area contributed by atoms with E-state index in [-0.39, 0.29) is 34.1 Å². The second-order valence-corrected chi connectivity index (χ2v) is 8.55. The first-order valence-corrected chi connectivity index (χ1v) is 10.7. The number of carbonyl (C=O) groups excluding carboxylic acids is 2. The van der Waals surface area contributed by atoms with Crippen molar-refractivity contribution in [3.05, 3.63) is 23.8 Å². The zero-order valence-electron chi connectivity index (χ0n) is 16.0. The fraction of sp³-hybridized carbons (Fsp3) is 0.556. The van der Waals surface area contributed by atoms with Crippen molar-refractivity contribution in [3.8, 4) is 5.75 Å². The van der Waals surface area contributed by atoms with Crippen molar-refractivity contribution < 1.29 is 27.5 Å². The maximum atomic E-state index is 12.8. The lowest BCUT2D eigenvalue weighted by Crippen LogP contribution is -2.52. The summed E-state index contributed by atoms with van der Waals surface area (Å²) in [5.74, 6) is -0.131. The van der Waals surface area contributed by atoms with Crippen LogP contribution in [0.15, 0.2) is 23.1 Å². The van der Waals surface area contributed by atoms with Gasteiger partial charge in [0.15, 0.2) is 0 Å². The Morgan fingerprint density at radius 3 is 2.43 bits per heavy atom. The van der Waals surface area contributed by atoms with E-state index in [1.165, 1.54) is 26.3 Å². The Labute approximate surface area is 164 Å². The number of piperazine rings is 1. The molecule has 10 heteroatoms. The number of nitrogens with one attached hydrogen (secondary N) is 1. The molecule has 2 heterocycles. The molecule has 0 spiro atoms. The van der Waals surface area contributed by atoms with Crippen LogP contribution in [0.3, 0.4) is 0 Å². The molecule has 0 radical (unpaired) electrons. The van der Waals surface area contributed by atoms with Crippen molar-refractivity contribution in [1.82, 2.24) is 14.5 Å². The highest BCUT2D eigenvalue weighted by atomic mass is 32.2. The number of nitrogens with zero attached hydrogens (tertiary/aromatic N) is 2. The third-order valence-electron chi connectivity index (χ3n) is 5.05. The minimum Gasteiger partial charge on any atom is -0.495 e. The first-order chi connectivity index (χ1) is 13.4. The van der Waals surface area contributed by atoms with Crippen molar-refractivity contribution in [2.45, 2.75) is 23.8 Å². The van der Waals surface area contributed by atoms with Gasteiger partial charge in [0.05, 0.1) is 7.11 Å². The van der Waals surface area contributed by atoms with Gasteiger partial charge in [-0.05, 0) is 38.1 Å². The standard InChI is InChI=1S/C18H25N3O6S/c1-19-28(24,25)16-12-13(5-6-14(16)26-2)17(22)20-7-9-21(10-8-20)18(23)15-4-3-11-27-15/h5-6,12,15,19H,3-4,7-11H2,1-2H3. The molecule has 0 bridgehead atoms. The topological polar surface area (TPSA) is 105 Å². The number of amides is 2. The molecule has 1 aromatic carbocycles. The Kier molecular flexibility index (Phi) is 6.21. The van der Waals surface area contributed by atoms with Crippen LogP contribution in [0.5, 0.6) is 5.75 Å². The molecule has 1 atom stereocenters. The molecule has 2 fully saturated rings. The Bertz CT molecular complexity index is 843. The molecule has 2 aliphatic rings. The van der Waals surface area contributed by atoms with Crippen molar-refractivity contribution in [1.29, 1.82) is 0 Å². The number of methoxy groups -OCH3 is 1. The van der Waals surface area contributed by atoms with Gasteiger partial charge in [-0.15, -0.1) is 0 Å². The molecule has 3 rings (SSSR count). The number of benzene rings is 1. The van der Waals surface area contributed by atoms with Crippen molar-refractivity contribution in [3.63, 3.8) is 0 Å². The summed E-state index contributed by atoms with van der Waals surface area (Å²) < 4.78 is 37.2. The lowest BCUT2D eigenvalue weighted by atomic mass is 10.1. The Balaban J connectivity index is 1.70. The average Bonchev–Trinajstić information content (AvgIpc) is 3.27. The fourth-order valence-electron chi connectivity index (χ4n) is 3.42. The summed E-state index contributed by atoms with van der Waals surface area (Å²) in [5, 5.41) is 0. The van der Waals surface area contributed by atoms with Gasteiger partial charge in [-0.25, -0.2) is 13.1 Å². The Hall–Kier alpha value is -2.17. The lowest BCUT2D eigenvalue weighted by molar-refractivity contribution is -0.142. The van der Waals surface area contributed by atoms with Gasteiger partial charge in [0.2, 0.25) is 10.0 Å². The molecule has 0 aromatic heterocycles. The molecule has 2 saturated heterocycles. The maximum Gasteiger partial charge on any atom is 0.254 e. The molecule has 1 aromatic rings. The molecule has 154 valence electrons. The molecule has 9 nitrogen and oxygen atoms in total. The molecule has 0 saturated carbocycles. The van der Waals surface area contributed by atoms with Gasteiger partial charge >= 0.3 is 0 Å². The van der Waals surface area contributed by atoms with Crippen LogP contribution in [0.2, 0.25) is 0 Å². The highest BCUT2D eigenvalue weighted by molar-refractivity contribution is 7.89. The van der Waals surface area contributed by atoms with Gasteiger partial charge in [0.25, 0.3) is 11.8 Å². The van der Waals surface area contributed by atoms with E-state index < -0.39 is 10.0 Å². The van der Waals surface area contributed by atoms with Gasteiger partial charge in [-0.1, -0.05) is 0 Å². The summed E-state index contributed by atoms with van der Waals surface area (Å²) in [6.07, 6.45) is 1.27. The number of sulfonamides is 1. The molecular formula is C18H25N3O6S. The van der Waals surface area contributed by atoms with Crippen LogP contribution in [0.1, 0.15) is 23.2 Å². The van der Waals surface area contributed by atoms with Crippen LogP contribution in [0.25, 0.3) is 0 Å². The predicted octanol–water partition coefficient (Wildman–Crippen LogP) is 0.0667. The molecule has 0 aliphatic carbocycles. The largest absolute Gasteiger partial charge is 0.495 e. The van der Waals surface area contributed by atoms with E-state index in [4.69, 9.17) is 9.47 Å².